The molecule has 0 aliphatic carbocycles. The summed E-state index contributed by atoms with van der Waals surface area (Å²) in [5.74, 6) is 0.539. The number of para-hydroxylation sites is 1. The van der Waals surface area contributed by atoms with E-state index >= 15 is 0 Å². The van der Waals surface area contributed by atoms with Gasteiger partial charge >= 0.3 is 6.03 Å². The van der Waals surface area contributed by atoms with Crippen LogP contribution in [0.1, 0.15) is 17.4 Å². The molecule has 13 nitrogen and oxygen atoms in total. The topological polar surface area (TPSA) is 161 Å². The van der Waals surface area contributed by atoms with Gasteiger partial charge in [0, 0.05) is 12.6 Å². The Kier molecular flexibility index (Phi) is 7.39. The van der Waals surface area contributed by atoms with Crippen LogP contribution < -0.4 is 26.0 Å². The normalized spacial score (nSPS) is 10.9. The molecule has 0 radical (unpaired) electrons. The summed E-state index contributed by atoms with van der Waals surface area (Å²) < 4.78 is 5.62. The molecule has 0 fully saturated rings. The summed E-state index contributed by atoms with van der Waals surface area (Å²) in [7, 11) is 8.75. The number of carbonyl (C=O) groups is 2. The van der Waals surface area contributed by atoms with E-state index in [4.69, 9.17) is 4.74 Å². The number of rotatable bonds is 8. The molecule has 16 heteroatoms. The Morgan fingerprint density at radius 1 is 1.15 bits per heavy atom. The lowest BCUT2D eigenvalue weighted by Gasteiger charge is -2.21. The fraction of sp³-hybridized carbons (Fsp3) is 0.278. The van der Waals surface area contributed by atoms with E-state index in [2.05, 4.69) is 46.9 Å². The Labute approximate surface area is 199 Å². The van der Waals surface area contributed by atoms with E-state index in [0.29, 0.717) is 35.1 Å². The molecule has 0 spiro atoms. The van der Waals surface area contributed by atoms with Gasteiger partial charge in [-0.2, -0.15) is 4.80 Å². The number of anilines is 3. The minimum absolute atomic E-state index is 0.0430. The van der Waals surface area contributed by atoms with Gasteiger partial charge in [0.1, 0.15) is 23.5 Å². The molecule has 0 bridgehead atoms. The van der Waals surface area contributed by atoms with Crippen LogP contribution in [-0.2, 0) is 7.05 Å². The third kappa shape index (κ3) is 6.02. The van der Waals surface area contributed by atoms with Crippen LogP contribution in [0.3, 0.4) is 0 Å². The number of hydrogen-bond donors (Lipinski definition) is 4. The molecular weight excluding hydrogens is 437 g/mol. The Morgan fingerprint density at radius 3 is 2.53 bits per heavy atom. The number of hydrogen-bond acceptors (Lipinski definition) is 9. The standard InChI is InChI=1S/C18H25B3N10O3/c1-4-22-17(33)24-12-8-11(13(27-26-12)16(32)25-18(19,20)21)23-10-7-5-6-9(14(10)34-3)15-28-30-31(2)29-15/h5-8H,4,19-21H2,1-3H3,(H,25,32)(H3,22,23,24,26,33). The largest absolute Gasteiger partial charge is 0.494 e. The van der Waals surface area contributed by atoms with Gasteiger partial charge in [0.25, 0.3) is 5.91 Å². The molecule has 0 unspecified atom stereocenters. The molecular formula is C18H25B3N10O3. The van der Waals surface area contributed by atoms with Crippen LogP contribution in [0.4, 0.5) is 22.0 Å². The summed E-state index contributed by atoms with van der Waals surface area (Å²) >= 11 is 0. The molecule has 4 N–H and O–H groups in total. The molecule has 2 heterocycles. The number of ether oxygens (including phenoxy) is 1. The quantitative estimate of drug-likeness (QED) is 0.273. The zero-order valence-corrected chi connectivity index (χ0v) is 19.9. The van der Waals surface area contributed by atoms with E-state index in [1.165, 1.54) is 18.0 Å². The number of benzene rings is 1. The molecule has 0 saturated heterocycles. The smallest absolute Gasteiger partial charge is 0.320 e. The molecule has 0 saturated carbocycles. The molecule has 0 atom stereocenters. The van der Waals surface area contributed by atoms with Gasteiger partial charge in [0.15, 0.2) is 17.3 Å². The van der Waals surface area contributed by atoms with Crippen molar-refractivity contribution in [3.05, 3.63) is 30.0 Å². The number of aryl methyl sites for hydroxylation is 1. The second kappa shape index (κ2) is 10.2. The number of nitrogens with zero attached hydrogens (tertiary/aromatic N) is 6. The van der Waals surface area contributed by atoms with Crippen molar-refractivity contribution < 1.29 is 14.3 Å². The number of tetrazole rings is 1. The van der Waals surface area contributed by atoms with Crippen molar-refractivity contribution >= 4 is 52.7 Å². The number of urea groups is 1. The van der Waals surface area contributed by atoms with Crippen molar-refractivity contribution in [1.82, 2.24) is 41.0 Å². The van der Waals surface area contributed by atoms with Gasteiger partial charge < -0.3 is 20.7 Å². The number of amides is 3. The van der Waals surface area contributed by atoms with Gasteiger partial charge in [-0.05, 0) is 29.5 Å². The second-order valence-electron chi connectivity index (χ2n) is 8.29. The summed E-state index contributed by atoms with van der Waals surface area (Å²) in [6.07, 6.45) is 0. The van der Waals surface area contributed by atoms with Crippen molar-refractivity contribution in [2.24, 2.45) is 7.05 Å². The van der Waals surface area contributed by atoms with E-state index in [9.17, 15) is 9.59 Å². The molecule has 1 aromatic carbocycles. The van der Waals surface area contributed by atoms with Gasteiger partial charge in [-0.25, -0.2) is 4.79 Å². The lowest BCUT2D eigenvalue weighted by atomic mass is 9.49. The summed E-state index contributed by atoms with van der Waals surface area (Å²) in [5.41, 5.74) is 1.48. The van der Waals surface area contributed by atoms with Crippen LogP contribution in [0.2, 0.25) is 0 Å². The van der Waals surface area contributed by atoms with Crippen LogP contribution in [-0.4, -0.2) is 84.8 Å². The zero-order chi connectivity index (χ0) is 24.9. The first-order valence-electron chi connectivity index (χ1n) is 10.5. The zero-order valence-electron chi connectivity index (χ0n) is 19.9. The van der Waals surface area contributed by atoms with E-state index in [1.54, 1.807) is 32.2 Å². The molecule has 3 rings (SSSR count). The van der Waals surface area contributed by atoms with Gasteiger partial charge in [-0.1, -0.05) is 6.07 Å². The fourth-order valence-electron chi connectivity index (χ4n) is 3.01. The number of nitrogens with one attached hydrogen (secondary N) is 4. The fourth-order valence-corrected chi connectivity index (χ4v) is 3.01. The predicted octanol–water partition coefficient (Wildman–Crippen LogP) is -2.20. The number of carbonyl (C=O) groups excluding carboxylic acids is 2. The van der Waals surface area contributed by atoms with Crippen molar-refractivity contribution in [1.29, 1.82) is 0 Å². The average molecular weight is 462 g/mol. The second-order valence-corrected chi connectivity index (χ2v) is 8.29. The maximum atomic E-state index is 12.9. The summed E-state index contributed by atoms with van der Waals surface area (Å²) in [4.78, 5) is 26.2. The van der Waals surface area contributed by atoms with E-state index in [-0.39, 0.29) is 11.5 Å². The molecule has 0 aliphatic heterocycles. The SMILES string of the molecule is BC(B)(B)NC(=O)c1nnc(NC(=O)NCC)cc1Nc1cccc(-c2nnn(C)n2)c1OC. The number of aromatic nitrogens is 6. The molecule has 174 valence electrons. The minimum atomic E-state index is -0.497. The van der Waals surface area contributed by atoms with E-state index in [0.717, 1.165) is 0 Å². The van der Waals surface area contributed by atoms with Crippen LogP contribution >= 0.6 is 0 Å². The summed E-state index contributed by atoms with van der Waals surface area (Å²) in [5, 5.41) is 31.0. The van der Waals surface area contributed by atoms with Gasteiger partial charge in [-0.3, -0.25) is 10.1 Å². The Balaban J connectivity index is 2.04. The van der Waals surface area contributed by atoms with Gasteiger partial charge in [0.2, 0.25) is 5.82 Å². The molecule has 3 aromatic rings. The first-order chi connectivity index (χ1) is 16.1. The predicted molar refractivity (Wildman–Crippen MR) is 135 cm³/mol. The van der Waals surface area contributed by atoms with E-state index < -0.39 is 17.2 Å². The van der Waals surface area contributed by atoms with Crippen LogP contribution in [0.15, 0.2) is 24.3 Å². The van der Waals surface area contributed by atoms with Crippen LogP contribution in [0.25, 0.3) is 11.4 Å². The molecule has 34 heavy (non-hydrogen) atoms. The van der Waals surface area contributed by atoms with Gasteiger partial charge in [-0.15, -0.1) is 20.4 Å². The lowest BCUT2D eigenvalue weighted by molar-refractivity contribution is 0.0947. The van der Waals surface area contributed by atoms with Crippen molar-refractivity contribution in [2.75, 3.05) is 24.3 Å². The number of methoxy groups -OCH3 is 1. The maximum Gasteiger partial charge on any atom is 0.320 e. The third-order valence-corrected chi connectivity index (χ3v) is 4.31. The Bertz CT molecular complexity index is 1200. The highest BCUT2D eigenvalue weighted by Crippen LogP contribution is 2.36. The van der Waals surface area contributed by atoms with E-state index in [1.807, 2.05) is 23.5 Å². The monoisotopic (exact) mass is 462 g/mol. The average Bonchev–Trinajstić information content (AvgIpc) is 3.18. The minimum Gasteiger partial charge on any atom is -0.494 e. The lowest BCUT2D eigenvalue weighted by Crippen LogP contribution is -2.50. The highest BCUT2D eigenvalue weighted by Gasteiger charge is 2.23. The van der Waals surface area contributed by atoms with Crippen molar-refractivity contribution in [2.45, 2.75) is 12.2 Å². The van der Waals surface area contributed by atoms with Crippen LogP contribution in [0, 0.1) is 0 Å². The third-order valence-electron chi connectivity index (χ3n) is 4.31. The highest BCUT2D eigenvalue weighted by molar-refractivity contribution is 6.60. The molecule has 2 aromatic heterocycles. The summed E-state index contributed by atoms with van der Waals surface area (Å²) in [6, 6.07) is 6.42. The van der Waals surface area contributed by atoms with Crippen LogP contribution in [0.5, 0.6) is 5.75 Å². The first-order valence-corrected chi connectivity index (χ1v) is 10.5. The Morgan fingerprint density at radius 2 is 1.91 bits per heavy atom. The highest BCUT2D eigenvalue weighted by atomic mass is 16.5. The Hall–Kier alpha value is -4.10. The molecule has 0 aliphatic rings. The van der Waals surface area contributed by atoms with Gasteiger partial charge in [0.05, 0.1) is 31.1 Å². The summed E-state index contributed by atoms with van der Waals surface area (Å²) in [6.45, 7) is 2.24. The van der Waals surface area contributed by atoms with Crippen molar-refractivity contribution in [3.8, 4) is 17.1 Å². The maximum absolute atomic E-state index is 12.9. The van der Waals surface area contributed by atoms with Crippen molar-refractivity contribution in [3.63, 3.8) is 0 Å². The molecule has 3 amide bonds. The first kappa shape index (κ1) is 24.5.